The molecule has 0 amide bonds. The van der Waals surface area contributed by atoms with E-state index >= 15 is 0 Å². The summed E-state index contributed by atoms with van der Waals surface area (Å²) in [6, 6.07) is 0. The number of allylic oxidation sites excluding steroid dienone is 1. The highest BCUT2D eigenvalue weighted by Crippen LogP contribution is 1.88. The first kappa shape index (κ1) is 14.0. The first-order valence-electron chi connectivity index (χ1n) is 4.87. The molecule has 0 bridgehead atoms. The van der Waals surface area contributed by atoms with Crippen LogP contribution in [0.1, 0.15) is 47.0 Å². The molecule has 0 unspecified atom stereocenters. The second-order valence-corrected chi connectivity index (χ2v) is 2.76. The van der Waals surface area contributed by atoms with Crippen LogP contribution in [0, 0.1) is 0 Å². The maximum atomic E-state index is 2.21. The fourth-order valence-electron chi connectivity index (χ4n) is 0.675. The van der Waals surface area contributed by atoms with Crippen molar-refractivity contribution >= 4 is 6.21 Å². The van der Waals surface area contributed by atoms with Crippen LogP contribution in [0.4, 0.5) is 0 Å². The predicted molar refractivity (Wildman–Crippen MR) is 57.9 cm³/mol. The van der Waals surface area contributed by atoms with E-state index < -0.39 is 0 Å². The summed E-state index contributed by atoms with van der Waals surface area (Å²) in [5.41, 5.74) is 0. The van der Waals surface area contributed by atoms with Crippen molar-refractivity contribution in [3.63, 3.8) is 0 Å². The Morgan fingerprint density at radius 3 is 1.67 bits per heavy atom. The van der Waals surface area contributed by atoms with Gasteiger partial charge in [-0.05, 0) is 13.0 Å². The van der Waals surface area contributed by atoms with Crippen LogP contribution in [0.15, 0.2) is 12.3 Å². The van der Waals surface area contributed by atoms with Gasteiger partial charge in [0.1, 0.15) is 13.3 Å². The second-order valence-electron chi connectivity index (χ2n) is 2.76. The van der Waals surface area contributed by atoms with Gasteiger partial charge >= 0.3 is 0 Å². The summed E-state index contributed by atoms with van der Waals surface area (Å²) < 4.78 is 2.00. The van der Waals surface area contributed by atoms with Crippen LogP contribution in [0.5, 0.6) is 0 Å². The minimum Gasteiger partial charge on any atom is -0.212 e. The Hall–Kier alpha value is -0.590. The van der Waals surface area contributed by atoms with Gasteiger partial charge in [0.05, 0.1) is 0 Å². The molecule has 0 aliphatic rings. The summed E-state index contributed by atoms with van der Waals surface area (Å²) in [6.07, 6.45) is 10.1. The van der Waals surface area contributed by atoms with Crippen LogP contribution in [-0.2, 0) is 0 Å². The maximum Gasteiger partial charge on any atom is 0.163 e. The van der Waals surface area contributed by atoms with Crippen molar-refractivity contribution in [1.82, 2.24) is 0 Å². The van der Waals surface area contributed by atoms with Gasteiger partial charge in [-0.25, -0.2) is 4.58 Å². The minimum absolute atomic E-state index is 1.34. The fourth-order valence-corrected chi connectivity index (χ4v) is 0.675. The normalized spacial score (nSPS) is 11.2. The van der Waals surface area contributed by atoms with Gasteiger partial charge in [-0.15, -0.1) is 0 Å². The Morgan fingerprint density at radius 1 is 1.08 bits per heavy atom. The Kier molecular flexibility index (Phi) is 15.2. The van der Waals surface area contributed by atoms with Crippen LogP contribution >= 0.6 is 0 Å². The van der Waals surface area contributed by atoms with Crippen LogP contribution < -0.4 is 0 Å². The molecule has 0 saturated heterocycles. The zero-order valence-corrected chi connectivity index (χ0v) is 9.30. The number of unbranched alkanes of at least 4 members (excludes halogenated alkanes) is 2. The van der Waals surface area contributed by atoms with E-state index in [0.717, 1.165) is 0 Å². The number of rotatable bonds is 3. The van der Waals surface area contributed by atoms with Crippen molar-refractivity contribution in [3.05, 3.63) is 12.3 Å². The topological polar surface area (TPSA) is 3.01 Å². The van der Waals surface area contributed by atoms with E-state index in [4.69, 9.17) is 0 Å². The molecule has 0 saturated carbocycles. The van der Waals surface area contributed by atoms with Crippen LogP contribution in [0.25, 0.3) is 0 Å². The third-order valence-electron chi connectivity index (χ3n) is 1.50. The fraction of sp³-hybridized carbons (Fsp3) is 0.727. The lowest BCUT2D eigenvalue weighted by Crippen LogP contribution is -1.92. The molecule has 72 valence electrons. The standard InChI is InChI=1S/C6H12N.C5H12/c1-4-6-7(3)5-2;1-3-5-4-2/h4-6H,1-3H3;3-5H2,1-2H3/q+1;/b6-4-,7-5?;. The van der Waals surface area contributed by atoms with Crippen molar-refractivity contribution in [2.24, 2.45) is 0 Å². The first-order chi connectivity index (χ1) is 5.72. The summed E-state index contributed by atoms with van der Waals surface area (Å²) in [5.74, 6) is 0. The third-order valence-corrected chi connectivity index (χ3v) is 1.50. The van der Waals surface area contributed by atoms with Gasteiger partial charge in [-0.2, -0.15) is 0 Å². The first-order valence-corrected chi connectivity index (χ1v) is 4.87. The smallest absolute Gasteiger partial charge is 0.163 e. The molecule has 12 heavy (non-hydrogen) atoms. The molecule has 0 aromatic heterocycles. The van der Waals surface area contributed by atoms with Crippen molar-refractivity contribution < 1.29 is 4.58 Å². The second kappa shape index (κ2) is 13.0. The van der Waals surface area contributed by atoms with Gasteiger partial charge in [0.15, 0.2) is 6.20 Å². The van der Waals surface area contributed by atoms with Gasteiger partial charge < -0.3 is 0 Å². The lowest BCUT2D eigenvalue weighted by atomic mass is 10.3. The highest BCUT2D eigenvalue weighted by atomic mass is 14.9. The minimum atomic E-state index is 1.34. The molecule has 0 atom stereocenters. The molecule has 0 fully saturated rings. The maximum absolute atomic E-state index is 2.21. The van der Waals surface area contributed by atoms with Crippen molar-refractivity contribution in [2.75, 3.05) is 7.05 Å². The van der Waals surface area contributed by atoms with E-state index in [1.54, 1.807) is 0 Å². The van der Waals surface area contributed by atoms with E-state index in [-0.39, 0.29) is 0 Å². The summed E-state index contributed by atoms with van der Waals surface area (Å²) in [5, 5.41) is 0. The van der Waals surface area contributed by atoms with Crippen LogP contribution in [0.2, 0.25) is 0 Å². The molecule has 1 nitrogen and oxygen atoms in total. The molecule has 0 aromatic rings. The van der Waals surface area contributed by atoms with E-state index in [1.165, 1.54) is 19.3 Å². The Balaban J connectivity index is 0. The summed E-state index contributed by atoms with van der Waals surface area (Å²) in [4.78, 5) is 0. The van der Waals surface area contributed by atoms with E-state index in [0.29, 0.717) is 0 Å². The van der Waals surface area contributed by atoms with Gasteiger partial charge in [-0.1, -0.05) is 33.1 Å². The van der Waals surface area contributed by atoms with E-state index in [1.807, 2.05) is 44.0 Å². The lowest BCUT2D eigenvalue weighted by molar-refractivity contribution is -0.417. The molecule has 0 spiro atoms. The molecule has 0 N–H and O–H groups in total. The quantitative estimate of drug-likeness (QED) is 0.451. The van der Waals surface area contributed by atoms with Crippen LogP contribution in [0.3, 0.4) is 0 Å². The molecule has 0 aliphatic heterocycles. The molecule has 1 heteroatoms. The summed E-state index contributed by atoms with van der Waals surface area (Å²) in [7, 11) is 2.00. The van der Waals surface area contributed by atoms with Crippen molar-refractivity contribution in [2.45, 2.75) is 47.0 Å². The Bertz CT molecular complexity index is 121. The zero-order chi connectivity index (χ0) is 9.82. The monoisotopic (exact) mass is 170 g/mol. The van der Waals surface area contributed by atoms with Crippen LogP contribution in [-0.4, -0.2) is 17.8 Å². The average molecular weight is 170 g/mol. The zero-order valence-electron chi connectivity index (χ0n) is 9.30. The lowest BCUT2D eigenvalue weighted by Gasteiger charge is -1.79. The number of nitrogens with zero attached hydrogens (tertiary/aromatic N) is 1. The van der Waals surface area contributed by atoms with Gasteiger partial charge in [0.2, 0.25) is 0 Å². The average Bonchev–Trinajstić information content (AvgIpc) is 2.07. The number of hydrogen-bond acceptors (Lipinski definition) is 0. The molecular formula is C11H24N+. The number of hydrogen-bond donors (Lipinski definition) is 0. The Morgan fingerprint density at radius 2 is 1.58 bits per heavy atom. The van der Waals surface area contributed by atoms with Gasteiger partial charge in [-0.3, -0.25) is 0 Å². The molecule has 0 aromatic carbocycles. The molecule has 0 rings (SSSR count). The summed E-state index contributed by atoms with van der Waals surface area (Å²) >= 11 is 0. The molecular weight excluding hydrogens is 146 g/mol. The van der Waals surface area contributed by atoms with E-state index in [2.05, 4.69) is 13.8 Å². The SMILES string of the molecule is CC=[N+](C)/C=C\C.CCCCC. The Labute approximate surface area is 77.8 Å². The highest BCUT2D eigenvalue weighted by molar-refractivity contribution is 5.46. The largest absolute Gasteiger partial charge is 0.212 e. The molecule has 0 radical (unpaired) electrons. The highest BCUT2D eigenvalue weighted by Gasteiger charge is 1.75. The van der Waals surface area contributed by atoms with Gasteiger partial charge in [0.25, 0.3) is 0 Å². The predicted octanol–water partition coefficient (Wildman–Crippen LogP) is 3.45. The third kappa shape index (κ3) is 16.2. The molecule has 0 heterocycles. The summed E-state index contributed by atoms with van der Waals surface area (Å²) in [6.45, 7) is 8.42. The van der Waals surface area contributed by atoms with E-state index in [9.17, 15) is 0 Å². The van der Waals surface area contributed by atoms with Gasteiger partial charge in [0, 0.05) is 6.92 Å². The molecule has 0 aliphatic carbocycles. The van der Waals surface area contributed by atoms with Crippen molar-refractivity contribution in [1.29, 1.82) is 0 Å². The van der Waals surface area contributed by atoms with Crippen molar-refractivity contribution in [3.8, 4) is 0 Å².